The summed E-state index contributed by atoms with van der Waals surface area (Å²) in [5.74, 6) is -1.18. The van der Waals surface area contributed by atoms with Crippen molar-refractivity contribution in [2.75, 3.05) is 23.8 Å². The second kappa shape index (κ2) is 9.81. The molecule has 0 saturated carbocycles. The van der Waals surface area contributed by atoms with Crippen molar-refractivity contribution in [1.82, 2.24) is 9.88 Å². The number of halogens is 1. The highest BCUT2D eigenvalue weighted by molar-refractivity contribution is 6.10. The summed E-state index contributed by atoms with van der Waals surface area (Å²) in [4.78, 5) is 47.1. The first-order valence-electron chi connectivity index (χ1n) is 11.9. The normalized spacial score (nSPS) is 15.1. The number of carbonyl (C=O) groups is 3. The van der Waals surface area contributed by atoms with Crippen LogP contribution in [-0.2, 0) is 9.59 Å². The van der Waals surface area contributed by atoms with Crippen LogP contribution in [0.3, 0.4) is 0 Å². The zero-order valence-electron chi connectivity index (χ0n) is 20.4. The van der Waals surface area contributed by atoms with Gasteiger partial charge < -0.3 is 15.1 Å². The molecule has 7 nitrogen and oxygen atoms in total. The number of hydrogen-bond donors (Lipinski definition) is 1. The van der Waals surface area contributed by atoms with Gasteiger partial charge in [0.25, 0.3) is 5.91 Å². The van der Waals surface area contributed by atoms with Gasteiger partial charge in [-0.25, -0.2) is 9.37 Å². The Morgan fingerprint density at radius 3 is 2.54 bits per heavy atom. The van der Waals surface area contributed by atoms with E-state index in [-0.39, 0.29) is 42.5 Å². The van der Waals surface area contributed by atoms with Crippen molar-refractivity contribution in [2.24, 2.45) is 0 Å². The maximum Gasteiger partial charge on any atom is 0.254 e. The third-order valence-electron chi connectivity index (χ3n) is 6.43. The number of rotatable bonds is 4. The van der Waals surface area contributed by atoms with Gasteiger partial charge in [-0.05, 0) is 55.5 Å². The number of fused-ring (bicyclic) bond motifs is 2. The molecule has 1 N–H and O–H groups in total. The predicted octanol–water partition coefficient (Wildman–Crippen LogP) is 4.88. The minimum Gasteiger partial charge on any atom is -0.332 e. The first-order valence-corrected chi connectivity index (χ1v) is 11.9. The summed E-state index contributed by atoms with van der Waals surface area (Å²) in [6, 6.07) is 21.6. The largest absolute Gasteiger partial charge is 0.332 e. The lowest BCUT2D eigenvalue weighted by Crippen LogP contribution is -2.45. The molecule has 4 aromatic rings. The Morgan fingerprint density at radius 2 is 1.76 bits per heavy atom. The van der Waals surface area contributed by atoms with Gasteiger partial charge in [0.2, 0.25) is 11.8 Å². The lowest BCUT2D eigenvalue weighted by Gasteiger charge is -2.30. The number of benzene rings is 3. The number of pyridine rings is 1. The molecule has 37 heavy (non-hydrogen) atoms. The molecule has 0 radical (unpaired) electrons. The van der Waals surface area contributed by atoms with Gasteiger partial charge in [0.05, 0.1) is 28.1 Å². The van der Waals surface area contributed by atoms with Crippen molar-refractivity contribution in [1.29, 1.82) is 0 Å². The van der Waals surface area contributed by atoms with Crippen molar-refractivity contribution in [3.63, 3.8) is 0 Å². The zero-order valence-corrected chi connectivity index (χ0v) is 20.4. The number of anilines is 2. The maximum absolute atomic E-state index is 13.7. The molecule has 0 bridgehead atoms. The van der Waals surface area contributed by atoms with Gasteiger partial charge in [0.15, 0.2) is 0 Å². The Morgan fingerprint density at radius 1 is 1.05 bits per heavy atom. The molecule has 1 aromatic heterocycles. The fourth-order valence-electron chi connectivity index (χ4n) is 4.65. The minimum atomic E-state index is -0.383. The SMILES string of the molecule is C[C@@H]1CC(=O)Nc2ccccc2N1C(=O)CN(C)C(=O)c1cc(-c2ccc(F)cc2)nc2ccccc12. The summed E-state index contributed by atoms with van der Waals surface area (Å²) in [5.41, 5.74) is 3.37. The molecule has 1 aliphatic heterocycles. The quantitative estimate of drug-likeness (QED) is 0.437. The number of likely N-dealkylation sites (N-methyl/N-ethyl adjacent to an activating group) is 1. The van der Waals surface area contributed by atoms with Crippen LogP contribution in [0.1, 0.15) is 23.7 Å². The minimum absolute atomic E-state index is 0.147. The molecule has 1 aliphatic rings. The summed E-state index contributed by atoms with van der Waals surface area (Å²) in [6.45, 7) is 1.63. The van der Waals surface area contributed by atoms with Crippen LogP contribution in [0.2, 0.25) is 0 Å². The van der Waals surface area contributed by atoms with Gasteiger partial charge in [-0.15, -0.1) is 0 Å². The van der Waals surface area contributed by atoms with Crippen molar-refractivity contribution >= 4 is 40.0 Å². The van der Waals surface area contributed by atoms with E-state index < -0.39 is 0 Å². The fourth-order valence-corrected chi connectivity index (χ4v) is 4.65. The van der Waals surface area contributed by atoms with Gasteiger partial charge in [-0.3, -0.25) is 14.4 Å². The molecule has 0 saturated heterocycles. The van der Waals surface area contributed by atoms with E-state index >= 15 is 0 Å². The average Bonchev–Trinajstić information content (AvgIpc) is 3.02. The Kier molecular flexibility index (Phi) is 6.40. The van der Waals surface area contributed by atoms with Gasteiger partial charge in [-0.1, -0.05) is 30.3 Å². The number of nitrogens with zero attached hydrogens (tertiary/aromatic N) is 3. The van der Waals surface area contributed by atoms with Gasteiger partial charge >= 0.3 is 0 Å². The number of hydrogen-bond acceptors (Lipinski definition) is 4. The zero-order chi connectivity index (χ0) is 26.1. The second-order valence-electron chi connectivity index (χ2n) is 9.12. The summed E-state index contributed by atoms with van der Waals surface area (Å²) in [6.07, 6.45) is 0.147. The molecule has 0 fully saturated rings. The first-order chi connectivity index (χ1) is 17.8. The predicted molar refractivity (Wildman–Crippen MR) is 141 cm³/mol. The summed E-state index contributed by atoms with van der Waals surface area (Å²) >= 11 is 0. The van der Waals surface area contributed by atoms with Crippen LogP contribution in [0, 0.1) is 5.82 Å². The van der Waals surface area contributed by atoms with Gasteiger partial charge in [0, 0.05) is 30.5 Å². The molecule has 8 heteroatoms. The fraction of sp³-hybridized carbons (Fsp3) is 0.172. The Bertz CT molecular complexity index is 1520. The number of aromatic nitrogens is 1. The van der Waals surface area contributed by atoms with Crippen LogP contribution in [0.4, 0.5) is 15.8 Å². The van der Waals surface area contributed by atoms with Crippen LogP contribution < -0.4 is 10.2 Å². The van der Waals surface area contributed by atoms with E-state index in [4.69, 9.17) is 0 Å². The molecule has 186 valence electrons. The van der Waals surface area contributed by atoms with Crippen molar-refractivity contribution in [3.05, 3.63) is 90.2 Å². The van der Waals surface area contributed by atoms with Gasteiger partial charge in [0.1, 0.15) is 12.4 Å². The van der Waals surface area contributed by atoms with E-state index in [9.17, 15) is 18.8 Å². The standard InChI is InChI=1S/C29H25FN4O3/c1-18-15-27(35)32-24-9-5-6-10-26(24)34(18)28(36)17-33(2)29(37)22-16-25(19-11-13-20(30)14-12-19)31-23-8-4-3-7-21(22)23/h3-14,16,18H,15,17H2,1-2H3,(H,32,35)/t18-/m1/s1. The number of amides is 3. The molecule has 1 atom stereocenters. The molecule has 0 aliphatic carbocycles. The molecular formula is C29H25FN4O3. The Hall–Kier alpha value is -4.59. The van der Waals surface area contributed by atoms with Crippen LogP contribution in [-0.4, -0.2) is 47.2 Å². The van der Waals surface area contributed by atoms with E-state index in [2.05, 4.69) is 10.3 Å². The topological polar surface area (TPSA) is 82.6 Å². The van der Waals surface area contributed by atoms with Crippen LogP contribution in [0.15, 0.2) is 78.9 Å². The number of para-hydroxylation sites is 3. The van der Waals surface area contributed by atoms with E-state index in [0.29, 0.717) is 39.1 Å². The average molecular weight is 497 g/mol. The van der Waals surface area contributed by atoms with E-state index in [1.807, 2.05) is 31.2 Å². The highest BCUT2D eigenvalue weighted by atomic mass is 19.1. The second-order valence-corrected chi connectivity index (χ2v) is 9.12. The highest BCUT2D eigenvalue weighted by Crippen LogP contribution is 2.32. The third kappa shape index (κ3) is 4.78. The van der Waals surface area contributed by atoms with Crippen LogP contribution in [0.5, 0.6) is 0 Å². The smallest absolute Gasteiger partial charge is 0.254 e. The van der Waals surface area contributed by atoms with Crippen LogP contribution >= 0.6 is 0 Å². The lowest BCUT2D eigenvalue weighted by atomic mass is 10.0. The Balaban J connectivity index is 1.47. The number of nitrogens with one attached hydrogen (secondary N) is 1. The number of carbonyl (C=O) groups excluding carboxylic acids is 3. The van der Waals surface area contributed by atoms with Crippen molar-refractivity contribution in [3.8, 4) is 11.3 Å². The third-order valence-corrected chi connectivity index (χ3v) is 6.43. The Labute approximate surface area is 213 Å². The monoisotopic (exact) mass is 496 g/mol. The first kappa shape index (κ1) is 24.1. The summed E-state index contributed by atoms with van der Waals surface area (Å²) < 4.78 is 13.5. The van der Waals surface area contributed by atoms with Crippen molar-refractivity contribution < 1.29 is 18.8 Å². The molecule has 5 rings (SSSR count). The summed E-state index contributed by atoms with van der Waals surface area (Å²) in [5, 5.41) is 3.49. The molecule has 3 aromatic carbocycles. The molecule has 0 spiro atoms. The molecule has 3 amide bonds. The van der Waals surface area contributed by atoms with E-state index in [0.717, 1.165) is 0 Å². The maximum atomic E-state index is 13.7. The molecule has 0 unspecified atom stereocenters. The van der Waals surface area contributed by atoms with E-state index in [1.54, 1.807) is 54.4 Å². The highest BCUT2D eigenvalue weighted by Gasteiger charge is 2.31. The molecular weight excluding hydrogens is 471 g/mol. The van der Waals surface area contributed by atoms with Gasteiger partial charge in [-0.2, -0.15) is 0 Å². The van der Waals surface area contributed by atoms with Crippen LogP contribution in [0.25, 0.3) is 22.2 Å². The van der Waals surface area contributed by atoms with E-state index in [1.165, 1.54) is 17.0 Å². The molecule has 2 heterocycles. The summed E-state index contributed by atoms with van der Waals surface area (Å²) in [7, 11) is 1.57. The lowest BCUT2D eigenvalue weighted by molar-refractivity contribution is -0.119. The van der Waals surface area contributed by atoms with Crippen molar-refractivity contribution in [2.45, 2.75) is 19.4 Å².